The molecule has 2 aromatic rings. The first-order valence-corrected chi connectivity index (χ1v) is 10.2. The summed E-state index contributed by atoms with van der Waals surface area (Å²) in [6.07, 6.45) is 1.65. The normalized spacial score (nSPS) is 11.7. The lowest BCUT2D eigenvalue weighted by Gasteiger charge is -2.05. The van der Waals surface area contributed by atoms with Gasteiger partial charge in [-0.05, 0) is 37.1 Å². The Kier molecular flexibility index (Phi) is 6.63. The molecule has 1 heterocycles. The number of sulfonamides is 1. The summed E-state index contributed by atoms with van der Waals surface area (Å²) in [6, 6.07) is 6.48. The molecule has 0 fully saturated rings. The van der Waals surface area contributed by atoms with Gasteiger partial charge in [-0.3, -0.25) is 4.79 Å². The summed E-state index contributed by atoms with van der Waals surface area (Å²) in [7, 11) is -2.07. The fraction of sp³-hybridized carbons (Fsp3) is 0.438. The molecular formula is C16H22N4O3S2. The lowest BCUT2D eigenvalue weighted by molar-refractivity contribution is -0.116. The van der Waals surface area contributed by atoms with Gasteiger partial charge in [0.25, 0.3) is 0 Å². The third kappa shape index (κ3) is 5.87. The van der Waals surface area contributed by atoms with Gasteiger partial charge in [0.1, 0.15) is 5.01 Å². The lowest BCUT2D eigenvalue weighted by atomic mass is 10.1. The summed E-state index contributed by atoms with van der Waals surface area (Å²) in [4.78, 5) is 12.2. The molecule has 136 valence electrons. The molecule has 7 nitrogen and oxygen atoms in total. The summed E-state index contributed by atoms with van der Waals surface area (Å²) in [5.41, 5.74) is 0.892. The average molecular weight is 383 g/mol. The van der Waals surface area contributed by atoms with Crippen molar-refractivity contribution in [2.24, 2.45) is 5.92 Å². The molecule has 0 aliphatic rings. The Labute approximate surface area is 151 Å². The summed E-state index contributed by atoms with van der Waals surface area (Å²) >= 11 is 1.39. The zero-order chi connectivity index (χ0) is 18.4. The number of carbonyl (C=O) groups is 1. The van der Waals surface area contributed by atoms with E-state index in [0.29, 0.717) is 17.5 Å². The average Bonchev–Trinajstić information content (AvgIpc) is 2.99. The fourth-order valence-corrected chi connectivity index (χ4v) is 3.83. The fourth-order valence-electron chi connectivity index (χ4n) is 2.13. The van der Waals surface area contributed by atoms with Crippen LogP contribution in [-0.2, 0) is 27.7 Å². The number of aromatic nitrogens is 2. The van der Waals surface area contributed by atoms with Crippen LogP contribution in [0.25, 0.3) is 0 Å². The molecule has 0 aliphatic carbocycles. The minimum Gasteiger partial charge on any atom is -0.301 e. The van der Waals surface area contributed by atoms with E-state index in [9.17, 15) is 13.2 Å². The van der Waals surface area contributed by atoms with E-state index in [1.165, 1.54) is 30.5 Å². The Bertz CT molecular complexity index is 814. The SMILES string of the molecule is CNS(=O)(=O)c1ccc(CCC(=O)Nc2nnc(CC(C)C)s2)cc1. The second-order valence-corrected chi connectivity index (χ2v) is 8.95. The number of amides is 1. The van der Waals surface area contributed by atoms with Gasteiger partial charge in [-0.2, -0.15) is 0 Å². The van der Waals surface area contributed by atoms with Gasteiger partial charge < -0.3 is 5.32 Å². The summed E-state index contributed by atoms with van der Waals surface area (Å²) in [5.74, 6) is 0.352. The maximum atomic E-state index is 12.0. The highest BCUT2D eigenvalue weighted by atomic mass is 32.2. The van der Waals surface area contributed by atoms with Crippen LogP contribution in [0.3, 0.4) is 0 Å². The number of nitrogens with one attached hydrogen (secondary N) is 2. The van der Waals surface area contributed by atoms with Crippen molar-refractivity contribution in [2.45, 2.75) is 38.0 Å². The highest BCUT2D eigenvalue weighted by Gasteiger charge is 2.12. The molecule has 1 aromatic heterocycles. The first-order chi connectivity index (χ1) is 11.8. The van der Waals surface area contributed by atoms with Gasteiger partial charge in [0, 0.05) is 12.8 Å². The summed E-state index contributed by atoms with van der Waals surface area (Å²) in [6.45, 7) is 4.21. The van der Waals surface area contributed by atoms with Crippen molar-refractivity contribution in [1.29, 1.82) is 0 Å². The van der Waals surface area contributed by atoms with Crippen LogP contribution in [0.4, 0.5) is 5.13 Å². The van der Waals surface area contributed by atoms with Crippen LogP contribution in [0.5, 0.6) is 0 Å². The minimum atomic E-state index is -3.44. The van der Waals surface area contributed by atoms with Crippen molar-refractivity contribution in [3.05, 3.63) is 34.8 Å². The van der Waals surface area contributed by atoms with E-state index < -0.39 is 10.0 Å². The number of hydrogen-bond donors (Lipinski definition) is 2. The van der Waals surface area contributed by atoms with Crippen LogP contribution in [0, 0.1) is 5.92 Å². The standard InChI is InChI=1S/C16H22N4O3S2/c1-11(2)10-15-19-20-16(24-15)18-14(21)9-6-12-4-7-13(8-5-12)25(22,23)17-3/h4-5,7-8,11,17H,6,9-10H2,1-3H3,(H,18,20,21). The molecule has 0 saturated carbocycles. The Morgan fingerprint density at radius 2 is 1.88 bits per heavy atom. The highest BCUT2D eigenvalue weighted by molar-refractivity contribution is 7.89. The van der Waals surface area contributed by atoms with Crippen LogP contribution in [0.15, 0.2) is 29.2 Å². The third-order valence-corrected chi connectivity index (χ3v) is 5.73. The van der Waals surface area contributed by atoms with Crippen LogP contribution >= 0.6 is 11.3 Å². The molecule has 0 aliphatic heterocycles. The first-order valence-electron chi connectivity index (χ1n) is 7.95. The largest absolute Gasteiger partial charge is 0.301 e. The lowest BCUT2D eigenvalue weighted by Crippen LogP contribution is -2.18. The number of anilines is 1. The van der Waals surface area contributed by atoms with E-state index in [-0.39, 0.29) is 17.2 Å². The predicted octanol–water partition coefficient (Wildman–Crippen LogP) is 2.22. The van der Waals surface area contributed by atoms with Gasteiger partial charge in [0.2, 0.25) is 21.1 Å². The summed E-state index contributed by atoms with van der Waals surface area (Å²) in [5, 5.41) is 12.2. The first kappa shape index (κ1) is 19.5. The van der Waals surface area contributed by atoms with Crippen LogP contribution in [0.2, 0.25) is 0 Å². The molecule has 0 atom stereocenters. The van der Waals surface area contributed by atoms with Crippen LogP contribution < -0.4 is 10.0 Å². The number of aryl methyl sites for hydroxylation is 1. The van der Waals surface area contributed by atoms with E-state index >= 15 is 0 Å². The molecule has 0 unspecified atom stereocenters. The molecule has 0 bridgehead atoms. The van der Waals surface area contributed by atoms with Crippen molar-refractivity contribution in [3.63, 3.8) is 0 Å². The maximum absolute atomic E-state index is 12.0. The van der Waals surface area contributed by atoms with Gasteiger partial charge in [-0.25, -0.2) is 13.1 Å². The molecule has 2 N–H and O–H groups in total. The molecule has 1 amide bonds. The highest BCUT2D eigenvalue weighted by Crippen LogP contribution is 2.18. The number of hydrogen-bond acceptors (Lipinski definition) is 6. The number of rotatable bonds is 8. The smallest absolute Gasteiger partial charge is 0.240 e. The molecule has 2 rings (SSSR count). The van der Waals surface area contributed by atoms with Gasteiger partial charge in [-0.1, -0.05) is 37.3 Å². The Balaban J connectivity index is 1.86. The third-order valence-electron chi connectivity index (χ3n) is 3.44. The monoisotopic (exact) mass is 382 g/mol. The Morgan fingerprint density at radius 3 is 2.48 bits per heavy atom. The molecular weight excluding hydrogens is 360 g/mol. The predicted molar refractivity (Wildman–Crippen MR) is 98.1 cm³/mol. The minimum absolute atomic E-state index is 0.140. The van der Waals surface area contributed by atoms with Gasteiger partial charge in [0.15, 0.2) is 0 Å². The quantitative estimate of drug-likeness (QED) is 0.729. The molecule has 9 heteroatoms. The maximum Gasteiger partial charge on any atom is 0.240 e. The van der Waals surface area contributed by atoms with Crippen molar-refractivity contribution in [2.75, 3.05) is 12.4 Å². The van der Waals surface area contributed by atoms with E-state index in [4.69, 9.17) is 0 Å². The molecule has 1 aromatic carbocycles. The molecule has 0 spiro atoms. The molecule has 25 heavy (non-hydrogen) atoms. The second-order valence-electron chi connectivity index (χ2n) is 6.00. The van der Waals surface area contributed by atoms with E-state index in [0.717, 1.165) is 17.0 Å². The van der Waals surface area contributed by atoms with Crippen molar-refractivity contribution >= 4 is 32.4 Å². The number of nitrogens with zero attached hydrogens (tertiary/aromatic N) is 2. The van der Waals surface area contributed by atoms with Gasteiger partial charge in [0.05, 0.1) is 4.90 Å². The van der Waals surface area contributed by atoms with E-state index in [2.05, 4.69) is 34.1 Å². The van der Waals surface area contributed by atoms with Crippen molar-refractivity contribution in [3.8, 4) is 0 Å². The van der Waals surface area contributed by atoms with Crippen LogP contribution in [-0.4, -0.2) is 31.6 Å². The van der Waals surface area contributed by atoms with E-state index in [1.54, 1.807) is 12.1 Å². The zero-order valence-electron chi connectivity index (χ0n) is 14.4. The topological polar surface area (TPSA) is 101 Å². The number of benzene rings is 1. The Hall–Kier alpha value is -1.84. The van der Waals surface area contributed by atoms with Gasteiger partial charge >= 0.3 is 0 Å². The summed E-state index contributed by atoms with van der Waals surface area (Å²) < 4.78 is 25.6. The van der Waals surface area contributed by atoms with Gasteiger partial charge in [-0.15, -0.1) is 10.2 Å². The van der Waals surface area contributed by atoms with Crippen LogP contribution in [0.1, 0.15) is 30.8 Å². The molecule has 0 saturated heterocycles. The van der Waals surface area contributed by atoms with Crippen molar-refractivity contribution < 1.29 is 13.2 Å². The molecule has 0 radical (unpaired) electrons. The Morgan fingerprint density at radius 1 is 1.20 bits per heavy atom. The number of carbonyl (C=O) groups excluding carboxylic acids is 1. The van der Waals surface area contributed by atoms with Crippen molar-refractivity contribution in [1.82, 2.24) is 14.9 Å². The second kappa shape index (κ2) is 8.50. The zero-order valence-corrected chi connectivity index (χ0v) is 16.1. The van der Waals surface area contributed by atoms with E-state index in [1.807, 2.05) is 0 Å².